The van der Waals surface area contributed by atoms with Crippen LogP contribution in [0.4, 0.5) is 28.4 Å². The third-order valence-corrected chi connectivity index (χ3v) is 11.2. The molecule has 272 valence electrons. The van der Waals surface area contributed by atoms with Gasteiger partial charge in [0.2, 0.25) is 23.6 Å². The summed E-state index contributed by atoms with van der Waals surface area (Å²) < 4.78 is 5.27. The zero-order valence-electron chi connectivity index (χ0n) is 29.2. The summed E-state index contributed by atoms with van der Waals surface area (Å²) in [5, 5.41) is 34.4. The monoisotopic (exact) mass is 721 g/mol. The van der Waals surface area contributed by atoms with Gasteiger partial charge < -0.3 is 14.7 Å². The van der Waals surface area contributed by atoms with Crippen LogP contribution in [0.1, 0.15) is 25.3 Å². The summed E-state index contributed by atoms with van der Waals surface area (Å²) in [6.45, 7) is 1.74. The van der Waals surface area contributed by atoms with Crippen molar-refractivity contribution in [1.82, 2.24) is 0 Å². The second kappa shape index (κ2) is 12.7. The zero-order chi connectivity index (χ0) is 38.1. The van der Waals surface area contributed by atoms with Gasteiger partial charge in [-0.15, -0.1) is 0 Å². The number of anilines is 3. The summed E-state index contributed by atoms with van der Waals surface area (Å²) >= 11 is 0. The number of nitro groups is 2. The Bertz CT molecular complexity index is 2150. The van der Waals surface area contributed by atoms with E-state index in [1.807, 2.05) is 12.2 Å². The Morgan fingerprint density at radius 1 is 0.887 bits per heavy atom. The Labute approximate surface area is 303 Å². The summed E-state index contributed by atoms with van der Waals surface area (Å²) in [7, 11) is 4.24. The van der Waals surface area contributed by atoms with E-state index < -0.39 is 79.9 Å². The van der Waals surface area contributed by atoms with Crippen molar-refractivity contribution in [2.24, 2.45) is 35.0 Å². The first kappa shape index (κ1) is 35.0. The van der Waals surface area contributed by atoms with Gasteiger partial charge >= 0.3 is 11.4 Å². The lowest BCUT2D eigenvalue weighted by molar-refractivity contribution is -0.392. The molecule has 0 radical (unpaired) electrons. The molecule has 1 saturated carbocycles. The number of para-hydroxylation sites is 1. The van der Waals surface area contributed by atoms with Gasteiger partial charge in [0.05, 0.1) is 51.5 Å². The highest BCUT2D eigenvalue weighted by Crippen LogP contribution is 2.61. The lowest BCUT2D eigenvalue weighted by Crippen LogP contribution is -2.49. The number of imide groups is 2. The maximum atomic E-state index is 14.5. The molecule has 2 aliphatic carbocycles. The number of aromatic hydroxyl groups is 1. The van der Waals surface area contributed by atoms with Crippen LogP contribution in [0, 0.1) is 55.2 Å². The lowest BCUT2D eigenvalue weighted by atomic mass is 9.52. The van der Waals surface area contributed by atoms with Gasteiger partial charge in [0.15, 0.2) is 17.2 Å². The van der Waals surface area contributed by atoms with Gasteiger partial charge in [-0.05, 0) is 55.5 Å². The molecule has 53 heavy (non-hydrogen) atoms. The second-order valence-electron chi connectivity index (χ2n) is 14.1. The first-order valence-electron chi connectivity index (χ1n) is 16.9. The largest absolute Gasteiger partial charge is 0.504 e. The third-order valence-electron chi connectivity index (χ3n) is 11.2. The molecule has 4 aliphatic rings. The summed E-state index contributed by atoms with van der Waals surface area (Å²) in [4.78, 5) is 83.2. The molecule has 0 spiro atoms. The number of rotatable bonds is 8. The average molecular weight is 722 g/mol. The minimum absolute atomic E-state index is 0.0634. The van der Waals surface area contributed by atoms with E-state index in [0.29, 0.717) is 16.8 Å². The predicted octanol–water partition coefficient (Wildman–Crippen LogP) is 5.26. The van der Waals surface area contributed by atoms with Crippen LogP contribution in [0.15, 0.2) is 78.4 Å². The molecule has 3 aromatic carbocycles. The molecule has 15 nitrogen and oxygen atoms in total. The normalized spacial score (nSPS) is 26.3. The van der Waals surface area contributed by atoms with E-state index in [1.165, 1.54) is 37.1 Å². The van der Waals surface area contributed by atoms with Crippen molar-refractivity contribution in [2.75, 3.05) is 35.9 Å². The molecule has 0 aromatic heterocycles. The van der Waals surface area contributed by atoms with E-state index in [-0.39, 0.29) is 35.7 Å². The van der Waals surface area contributed by atoms with Crippen molar-refractivity contribution in [1.29, 1.82) is 0 Å². The van der Waals surface area contributed by atoms with Gasteiger partial charge in [0.1, 0.15) is 0 Å². The number of methoxy groups -OCH3 is 1. The molecule has 3 fully saturated rings. The van der Waals surface area contributed by atoms with Crippen LogP contribution in [0.5, 0.6) is 11.5 Å². The SMILES string of the molecule is COc1cc(C=C[C@H]2C3=CC[C@@H]4C(=O)N(c5cc([N+](=O)[O-])c(N(C)C)c([N+](=O)[O-])c5)C(=O)[C@@H]4[C@@H]3C[C@H]3C(=O)N(c4ccccc4)C(=O)[C@@]23C)ccc1O. The first-order valence-corrected chi connectivity index (χ1v) is 16.9. The number of hydrogen-bond donors (Lipinski definition) is 1. The Morgan fingerprint density at radius 3 is 2.15 bits per heavy atom. The molecular formula is C38H35N5O10. The summed E-state index contributed by atoms with van der Waals surface area (Å²) in [5.41, 5.74) is -1.41. The van der Waals surface area contributed by atoms with Crippen LogP contribution >= 0.6 is 0 Å². The Hall–Kier alpha value is -6.38. The number of allylic oxidation sites excluding steroid dienone is 3. The fourth-order valence-electron chi connectivity index (χ4n) is 8.76. The summed E-state index contributed by atoms with van der Waals surface area (Å²) in [5.74, 6) is -6.22. The fourth-order valence-corrected chi connectivity index (χ4v) is 8.76. The average Bonchev–Trinajstić information content (AvgIpc) is 3.50. The van der Waals surface area contributed by atoms with Crippen LogP contribution in [0.25, 0.3) is 6.08 Å². The van der Waals surface area contributed by atoms with Gasteiger partial charge in [-0.2, -0.15) is 0 Å². The third kappa shape index (κ3) is 5.25. The molecule has 6 atom stereocenters. The second-order valence-corrected chi connectivity index (χ2v) is 14.1. The fraction of sp³-hybridized carbons (Fsp3) is 0.316. The van der Waals surface area contributed by atoms with E-state index in [1.54, 1.807) is 55.5 Å². The maximum absolute atomic E-state index is 14.5. The van der Waals surface area contributed by atoms with Gasteiger partial charge in [-0.1, -0.05) is 48.1 Å². The molecule has 2 saturated heterocycles. The Kier molecular flexibility index (Phi) is 8.39. The topological polar surface area (TPSA) is 194 Å². The number of phenolic OH excluding ortho intramolecular Hbond substituents is 1. The highest BCUT2D eigenvalue weighted by Gasteiger charge is 2.67. The van der Waals surface area contributed by atoms with Gasteiger partial charge in [-0.25, -0.2) is 9.80 Å². The Morgan fingerprint density at radius 2 is 1.55 bits per heavy atom. The quantitative estimate of drug-likeness (QED) is 0.138. The van der Waals surface area contributed by atoms with Gasteiger partial charge in [0.25, 0.3) is 0 Å². The summed E-state index contributed by atoms with van der Waals surface area (Å²) in [6.07, 6.45) is 5.58. The highest BCUT2D eigenvalue weighted by molar-refractivity contribution is 6.25. The van der Waals surface area contributed by atoms with Crippen LogP contribution in [-0.2, 0) is 19.2 Å². The number of carbonyl (C=O) groups is 4. The van der Waals surface area contributed by atoms with Crippen molar-refractivity contribution >= 4 is 58.1 Å². The van der Waals surface area contributed by atoms with E-state index in [4.69, 9.17) is 4.74 Å². The molecule has 4 amide bonds. The van der Waals surface area contributed by atoms with E-state index >= 15 is 0 Å². The highest BCUT2D eigenvalue weighted by atomic mass is 16.6. The standard InChI is InChI=1S/C38H35N5O10/c1-38-26(14-10-20-11-15-30(44)31(16-20)53-4)23-12-13-24-32(25(23)19-27(38)35(46)41(37(38)48)21-8-6-5-7-9-21)36(47)40(34(24)45)22-17-28(42(49)50)33(39(2)3)29(18-22)43(51)52/h5-12,14-18,24-27,32,44H,13,19H2,1-4H3/t24-,25+,26-,27-,32-,38-/m0/s1. The molecule has 0 bridgehead atoms. The van der Waals surface area contributed by atoms with Crippen molar-refractivity contribution < 1.29 is 38.9 Å². The molecule has 15 heteroatoms. The zero-order valence-corrected chi connectivity index (χ0v) is 29.2. The number of ether oxygens (including phenoxy) is 1. The van der Waals surface area contributed by atoms with E-state index in [9.17, 15) is 44.5 Å². The smallest absolute Gasteiger partial charge is 0.301 e. The molecule has 7 rings (SSSR count). The number of hydrogen-bond acceptors (Lipinski definition) is 11. The number of carbonyl (C=O) groups excluding carboxylic acids is 4. The molecule has 2 aliphatic heterocycles. The van der Waals surface area contributed by atoms with Crippen molar-refractivity contribution in [3.63, 3.8) is 0 Å². The maximum Gasteiger partial charge on any atom is 0.301 e. The number of fused-ring (bicyclic) bond motifs is 4. The van der Waals surface area contributed by atoms with E-state index in [0.717, 1.165) is 17.0 Å². The van der Waals surface area contributed by atoms with Crippen molar-refractivity contribution in [3.8, 4) is 11.5 Å². The molecule has 2 heterocycles. The minimum atomic E-state index is -1.28. The van der Waals surface area contributed by atoms with Crippen LogP contribution in [0.3, 0.4) is 0 Å². The van der Waals surface area contributed by atoms with Gasteiger partial charge in [0, 0.05) is 32.1 Å². The number of amides is 4. The molecular weight excluding hydrogens is 686 g/mol. The summed E-state index contributed by atoms with van der Waals surface area (Å²) in [6, 6.07) is 15.3. The van der Waals surface area contributed by atoms with Gasteiger partial charge in [-0.3, -0.25) is 39.4 Å². The first-order chi connectivity index (χ1) is 25.2. The number of nitrogens with zero attached hydrogens (tertiary/aromatic N) is 5. The van der Waals surface area contributed by atoms with Crippen molar-refractivity contribution in [3.05, 3.63) is 104 Å². The van der Waals surface area contributed by atoms with E-state index in [2.05, 4.69) is 0 Å². The van der Waals surface area contributed by atoms with Crippen LogP contribution < -0.4 is 19.4 Å². The van der Waals surface area contributed by atoms with Crippen LogP contribution in [0.2, 0.25) is 0 Å². The van der Waals surface area contributed by atoms with Crippen molar-refractivity contribution in [2.45, 2.75) is 19.8 Å². The number of benzene rings is 3. The predicted molar refractivity (Wildman–Crippen MR) is 192 cm³/mol. The molecule has 0 unspecified atom stereocenters. The Balaban J connectivity index is 1.34. The number of nitro benzene ring substituents is 2. The van der Waals surface area contributed by atoms with Crippen LogP contribution in [-0.4, -0.2) is 59.8 Å². The number of phenols is 1. The molecule has 3 aromatic rings. The minimum Gasteiger partial charge on any atom is -0.504 e. The lowest BCUT2D eigenvalue weighted by Gasteiger charge is -2.47. The molecule has 1 N–H and O–H groups in total.